The Bertz CT molecular complexity index is 1030. The lowest BCUT2D eigenvalue weighted by Gasteiger charge is -2.23. The van der Waals surface area contributed by atoms with Crippen LogP contribution in [0.1, 0.15) is 30.4 Å². The molecular weight excluding hydrogens is 457 g/mol. The van der Waals surface area contributed by atoms with Crippen molar-refractivity contribution in [3.63, 3.8) is 0 Å². The fourth-order valence-electron chi connectivity index (χ4n) is 3.84. The number of carbonyl (C=O) groups is 3. The molecule has 2 amide bonds. The lowest BCUT2D eigenvalue weighted by molar-refractivity contribution is -0.161. The number of rotatable bonds is 8. The number of hydrogen-bond donors (Lipinski definition) is 4. The number of nitrogens with one attached hydrogen (secondary N) is 2. The Morgan fingerprint density at radius 2 is 1.53 bits per heavy atom. The summed E-state index contributed by atoms with van der Waals surface area (Å²) in [6.07, 6.45) is -9.21. The number of aliphatic carboxylic acids is 1. The van der Waals surface area contributed by atoms with Crippen molar-refractivity contribution in [2.45, 2.75) is 43.6 Å². The van der Waals surface area contributed by atoms with Gasteiger partial charge in [0.25, 0.3) is 0 Å². The summed E-state index contributed by atoms with van der Waals surface area (Å²) in [5.74, 6) is -3.29. The Labute approximate surface area is 192 Å². The summed E-state index contributed by atoms with van der Waals surface area (Å²) in [6, 6.07) is 10.4. The van der Waals surface area contributed by atoms with E-state index in [1.54, 1.807) is 5.32 Å². The maximum Gasteiger partial charge on any atom is 0.409 e. The number of aliphatic hydroxyl groups is 1. The maximum atomic E-state index is 13.4. The first-order valence-corrected chi connectivity index (χ1v) is 10.4. The standard InChI is InChI=1S/C23H23F3N2O6/c1-12(29)20(21(31)32)28-19(30)10-18(23(24,25)26)27-22(33)34-11-17-15-8-4-2-6-13(15)14-7-3-5-9-16(14)17/h2-9,12,17-18,20,29H,10-11H2,1H3,(H,27,33)(H,28,30)(H,31,32). The molecule has 0 radical (unpaired) electrons. The molecule has 3 atom stereocenters. The van der Waals surface area contributed by atoms with E-state index in [0.29, 0.717) is 0 Å². The van der Waals surface area contributed by atoms with E-state index in [0.717, 1.165) is 29.2 Å². The Balaban J connectivity index is 1.65. The van der Waals surface area contributed by atoms with Crippen LogP contribution in [0.2, 0.25) is 0 Å². The van der Waals surface area contributed by atoms with Crippen LogP contribution < -0.4 is 10.6 Å². The van der Waals surface area contributed by atoms with E-state index in [1.807, 2.05) is 53.8 Å². The minimum atomic E-state index is -5.01. The Morgan fingerprint density at radius 1 is 1.00 bits per heavy atom. The Hall–Kier alpha value is -3.60. The molecule has 34 heavy (non-hydrogen) atoms. The van der Waals surface area contributed by atoms with Crippen LogP contribution in [-0.2, 0) is 14.3 Å². The molecule has 0 aromatic heterocycles. The lowest BCUT2D eigenvalue weighted by Crippen LogP contribution is -2.52. The predicted octanol–water partition coefficient (Wildman–Crippen LogP) is 2.80. The highest BCUT2D eigenvalue weighted by Crippen LogP contribution is 2.44. The van der Waals surface area contributed by atoms with Crippen molar-refractivity contribution in [2.75, 3.05) is 6.61 Å². The van der Waals surface area contributed by atoms with E-state index in [-0.39, 0.29) is 12.5 Å². The molecule has 11 heteroatoms. The smallest absolute Gasteiger partial charge is 0.409 e. The predicted molar refractivity (Wildman–Crippen MR) is 114 cm³/mol. The van der Waals surface area contributed by atoms with Gasteiger partial charge in [-0.2, -0.15) is 13.2 Å². The molecule has 0 fully saturated rings. The van der Waals surface area contributed by atoms with Gasteiger partial charge in [0, 0.05) is 5.92 Å². The molecule has 0 aliphatic heterocycles. The molecule has 182 valence electrons. The van der Waals surface area contributed by atoms with Gasteiger partial charge >= 0.3 is 18.2 Å². The van der Waals surface area contributed by atoms with Crippen molar-refractivity contribution in [1.29, 1.82) is 0 Å². The molecule has 8 nitrogen and oxygen atoms in total. The summed E-state index contributed by atoms with van der Waals surface area (Å²) in [5.41, 5.74) is 3.65. The number of carboxylic acid groups (broad SMARTS) is 1. The number of hydrogen-bond acceptors (Lipinski definition) is 5. The first-order chi connectivity index (χ1) is 16.0. The van der Waals surface area contributed by atoms with Crippen LogP contribution in [0.3, 0.4) is 0 Å². The Morgan fingerprint density at radius 3 is 2.00 bits per heavy atom. The van der Waals surface area contributed by atoms with Gasteiger partial charge in [-0.05, 0) is 29.2 Å². The summed E-state index contributed by atoms with van der Waals surface area (Å²) >= 11 is 0. The van der Waals surface area contributed by atoms with E-state index in [4.69, 9.17) is 9.84 Å². The minimum Gasteiger partial charge on any atom is -0.480 e. The summed E-state index contributed by atoms with van der Waals surface area (Å²) < 4.78 is 45.3. The zero-order valence-corrected chi connectivity index (χ0v) is 18.0. The minimum absolute atomic E-state index is 0.222. The van der Waals surface area contributed by atoms with E-state index in [9.17, 15) is 32.7 Å². The first kappa shape index (κ1) is 25.0. The average molecular weight is 480 g/mol. The van der Waals surface area contributed by atoms with Gasteiger partial charge in [0.05, 0.1) is 12.5 Å². The van der Waals surface area contributed by atoms with Crippen LogP contribution in [0.4, 0.5) is 18.0 Å². The van der Waals surface area contributed by atoms with E-state index < -0.39 is 48.8 Å². The molecule has 1 aliphatic carbocycles. The van der Waals surface area contributed by atoms with Crippen LogP contribution in [0.5, 0.6) is 0 Å². The van der Waals surface area contributed by atoms with Crippen LogP contribution >= 0.6 is 0 Å². The second-order valence-corrected chi connectivity index (χ2v) is 7.89. The zero-order chi connectivity index (χ0) is 25.0. The SMILES string of the molecule is CC(O)C(NC(=O)CC(NC(=O)OCC1c2ccccc2-c2ccccc21)C(F)(F)F)C(=O)O. The third-order valence-electron chi connectivity index (χ3n) is 5.49. The van der Waals surface area contributed by atoms with E-state index >= 15 is 0 Å². The molecular formula is C23H23F3N2O6. The largest absolute Gasteiger partial charge is 0.480 e. The topological polar surface area (TPSA) is 125 Å². The second kappa shape index (κ2) is 10.1. The highest BCUT2D eigenvalue weighted by molar-refractivity contribution is 5.84. The Kier molecular flexibility index (Phi) is 7.45. The van der Waals surface area contributed by atoms with Crippen molar-refractivity contribution < 1.29 is 42.5 Å². The number of carboxylic acids is 1. The van der Waals surface area contributed by atoms with E-state index in [1.165, 1.54) is 0 Å². The normalized spacial score (nSPS) is 15.4. The van der Waals surface area contributed by atoms with Gasteiger partial charge in [-0.1, -0.05) is 48.5 Å². The third-order valence-corrected chi connectivity index (χ3v) is 5.49. The molecule has 0 spiro atoms. The summed E-state index contributed by atoms with van der Waals surface area (Å²) in [7, 11) is 0. The number of halogens is 3. The van der Waals surface area contributed by atoms with Gasteiger partial charge in [-0.3, -0.25) is 4.79 Å². The fourth-order valence-corrected chi connectivity index (χ4v) is 3.84. The van der Waals surface area contributed by atoms with Crippen molar-refractivity contribution >= 4 is 18.0 Å². The van der Waals surface area contributed by atoms with Crippen molar-refractivity contribution in [2.24, 2.45) is 0 Å². The molecule has 0 bridgehead atoms. The molecule has 0 saturated carbocycles. The number of carbonyl (C=O) groups excluding carboxylic acids is 2. The summed E-state index contributed by atoms with van der Waals surface area (Å²) in [5, 5.41) is 21.8. The first-order valence-electron chi connectivity index (χ1n) is 10.4. The monoisotopic (exact) mass is 480 g/mol. The molecule has 2 aromatic rings. The zero-order valence-electron chi connectivity index (χ0n) is 18.0. The number of benzene rings is 2. The number of amides is 2. The quantitative estimate of drug-likeness (QED) is 0.461. The number of fused-ring (bicyclic) bond motifs is 3. The second-order valence-electron chi connectivity index (χ2n) is 7.89. The summed E-state index contributed by atoms with van der Waals surface area (Å²) in [6.45, 7) is 0.842. The van der Waals surface area contributed by atoms with Gasteiger partial charge in [-0.15, -0.1) is 0 Å². The number of ether oxygens (including phenoxy) is 1. The molecule has 1 aliphatic rings. The molecule has 0 saturated heterocycles. The molecule has 2 aromatic carbocycles. The van der Waals surface area contributed by atoms with Gasteiger partial charge in [-0.25, -0.2) is 9.59 Å². The molecule has 3 rings (SSSR count). The third kappa shape index (κ3) is 5.66. The van der Waals surface area contributed by atoms with Gasteiger partial charge in [0.2, 0.25) is 5.91 Å². The van der Waals surface area contributed by atoms with E-state index in [2.05, 4.69) is 0 Å². The summed E-state index contributed by atoms with van der Waals surface area (Å²) in [4.78, 5) is 35.2. The number of alkyl carbamates (subject to hydrolysis) is 1. The molecule has 3 unspecified atom stereocenters. The highest BCUT2D eigenvalue weighted by Gasteiger charge is 2.43. The van der Waals surface area contributed by atoms with Gasteiger partial charge < -0.3 is 25.6 Å². The lowest BCUT2D eigenvalue weighted by atomic mass is 9.98. The number of aliphatic hydroxyl groups excluding tert-OH is 1. The molecule has 4 N–H and O–H groups in total. The highest BCUT2D eigenvalue weighted by atomic mass is 19.4. The van der Waals surface area contributed by atoms with Crippen molar-refractivity contribution in [3.8, 4) is 11.1 Å². The van der Waals surface area contributed by atoms with Crippen molar-refractivity contribution in [3.05, 3.63) is 59.7 Å². The van der Waals surface area contributed by atoms with Crippen LogP contribution in [0.15, 0.2) is 48.5 Å². The van der Waals surface area contributed by atoms with Crippen LogP contribution in [0, 0.1) is 0 Å². The van der Waals surface area contributed by atoms with Gasteiger partial charge in [0.15, 0.2) is 6.04 Å². The fraction of sp³-hybridized carbons (Fsp3) is 0.348. The van der Waals surface area contributed by atoms with Crippen LogP contribution in [-0.4, -0.2) is 59.2 Å². The van der Waals surface area contributed by atoms with Gasteiger partial charge in [0.1, 0.15) is 12.6 Å². The number of alkyl halides is 3. The van der Waals surface area contributed by atoms with Crippen LogP contribution in [0.25, 0.3) is 11.1 Å². The molecule has 0 heterocycles. The average Bonchev–Trinajstić information content (AvgIpc) is 3.08. The van der Waals surface area contributed by atoms with Crippen molar-refractivity contribution in [1.82, 2.24) is 10.6 Å². The maximum absolute atomic E-state index is 13.4.